The molecule has 2 N–H and O–H groups in total. The maximum Gasteiger partial charge on any atom is 0.329 e. The Balaban J connectivity index is 3.35. The van der Waals surface area contributed by atoms with Gasteiger partial charge in [-0.2, -0.15) is 8.78 Å². The molecule has 6 heteroatoms. The zero-order valence-electron chi connectivity index (χ0n) is 6.12. The zero-order chi connectivity index (χ0) is 10.2. The molecule has 0 amide bonds. The summed E-state index contributed by atoms with van der Waals surface area (Å²) in [4.78, 5) is 0. The van der Waals surface area contributed by atoms with Crippen molar-refractivity contribution < 1.29 is 22.0 Å². The SMILES string of the molecule is NC(F)(F)c1ccc(F)c(F)c1F. The van der Waals surface area contributed by atoms with Crippen molar-refractivity contribution in [3.05, 3.63) is 35.1 Å². The van der Waals surface area contributed by atoms with Gasteiger partial charge in [0, 0.05) is 0 Å². The fraction of sp³-hybridized carbons (Fsp3) is 0.143. The molecule has 1 aromatic carbocycles. The third-order valence-electron chi connectivity index (χ3n) is 1.39. The Kier molecular flexibility index (Phi) is 2.25. The van der Waals surface area contributed by atoms with Crippen LogP contribution >= 0.6 is 0 Å². The van der Waals surface area contributed by atoms with Gasteiger partial charge in [0.15, 0.2) is 17.5 Å². The van der Waals surface area contributed by atoms with Crippen molar-refractivity contribution in [3.8, 4) is 0 Å². The lowest BCUT2D eigenvalue weighted by molar-refractivity contribution is -0.00141. The summed E-state index contributed by atoms with van der Waals surface area (Å²) in [5.74, 6) is -5.46. The summed E-state index contributed by atoms with van der Waals surface area (Å²) in [6.07, 6.45) is 0. The summed E-state index contributed by atoms with van der Waals surface area (Å²) in [6, 6.07) is -3.24. The van der Waals surface area contributed by atoms with Gasteiger partial charge in [0.1, 0.15) is 0 Å². The molecule has 0 fully saturated rings. The van der Waals surface area contributed by atoms with Crippen LogP contribution in [-0.2, 0) is 6.05 Å². The molecule has 0 heterocycles. The summed E-state index contributed by atoms with van der Waals surface area (Å²) in [5.41, 5.74) is 2.85. The number of nitrogens with two attached hydrogens (primary N) is 1. The maximum absolute atomic E-state index is 12.6. The smallest absolute Gasteiger partial charge is 0.268 e. The standard InChI is InChI=1S/C7H4F5N/c8-4-2-1-3(7(11,12)13)5(9)6(4)10/h1-2H,13H2. The van der Waals surface area contributed by atoms with E-state index in [-0.39, 0.29) is 0 Å². The van der Waals surface area contributed by atoms with E-state index in [1.165, 1.54) is 0 Å². The van der Waals surface area contributed by atoms with Gasteiger partial charge in [-0.3, -0.25) is 5.73 Å². The Labute approximate surface area is 70.0 Å². The first-order chi connectivity index (χ1) is 5.84. The van der Waals surface area contributed by atoms with Crippen LogP contribution in [0.15, 0.2) is 12.1 Å². The van der Waals surface area contributed by atoms with Gasteiger partial charge in [-0.25, -0.2) is 13.2 Å². The first kappa shape index (κ1) is 9.91. The van der Waals surface area contributed by atoms with Gasteiger partial charge < -0.3 is 0 Å². The van der Waals surface area contributed by atoms with E-state index in [9.17, 15) is 22.0 Å². The summed E-state index contributed by atoms with van der Waals surface area (Å²) in [7, 11) is 0. The highest BCUT2D eigenvalue weighted by Gasteiger charge is 2.31. The molecule has 0 unspecified atom stereocenters. The van der Waals surface area contributed by atoms with Gasteiger partial charge in [-0.1, -0.05) is 0 Å². The van der Waals surface area contributed by atoms with Crippen LogP contribution in [0.4, 0.5) is 22.0 Å². The van der Waals surface area contributed by atoms with E-state index < -0.39 is 29.1 Å². The number of hydrogen-bond acceptors (Lipinski definition) is 1. The quantitative estimate of drug-likeness (QED) is 0.416. The lowest BCUT2D eigenvalue weighted by atomic mass is 10.1. The highest BCUT2D eigenvalue weighted by molar-refractivity contribution is 5.23. The lowest BCUT2D eigenvalue weighted by Crippen LogP contribution is -2.27. The minimum absolute atomic E-state index is 0.383. The summed E-state index contributed by atoms with van der Waals surface area (Å²) in [6.45, 7) is 0. The van der Waals surface area contributed by atoms with Crippen molar-refractivity contribution in [2.75, 3.05) is 0 Å². The second-order valence-electron chi connectivity index (χ2n) is 2.35. The van der Waals surface area contributed by atoms with Crippen molar-refractivity contribution in [3.63, 3.8) is 0 Å². The van der Waals surface area contributed by atoms with E-state index in [4.69, 9.17) is 0 Å². The van der Waals surface area contributed by atoms with E-state index in [2.05, 4.69) is 5.73 Å². The van der Waals surface area contributed by atoms with Crippen LogP contribution in [0.5, 0.6) is 0 Å². The first-order valence-corrected chi connectivity index (χ1v) is 3.14. The highest BCUT2D eigenvalue weighted by atomic mass is 19.3. The Bertz CT molecular complexity index is 330. The number of hydrogen-bond donors (Lipinski definition) is 1. The normalized spacial score (nSPS) is 11.8. The molecule has 13 heavy (non-hydrogen) atoms. The molecule has 0 aromatic heterocycles. The van der Waals surface area contributed by atoms with Gasteiger partial charge in [0.25, 0.3) is 0 Å². The monoisotopic (exact) mass is 197 g/mol. The Hall–Kier alpha value is -1.17. The molecule has 1 aromatic rings. The van der Waals surface area contributed by atoms with E-state index in [1.807, 2.05) is 0 Å². The van der Waals surface area contributed by atoms with Gasteiger partial charge in [-0.05, 0) is 12.1 Å². The van der Waals surface area contributed by atoms with Crippen molar-refractivity contribution in [2.45, 2.75) is 6.05 Å². The number of halogens is 5. The predicted octanol–water partition coefficient (Wildman–Crippen LogP) is 2.11. The van der Waals surface area contributed by atoms with Gasteiger partial charge >= 0.3 is 6.05 Å². The molecule has 1 rings (SSSR count). The molecule has 0 spiro atoms. The fourth-order valence-electron chi connectivity index (χ4n) is 0.783. The van der Waals surface area contributed by atoms with Crippen LogP contribution in [0.25, 0.3) is 0 Å². The molecule has 0 atom stereocenters. The summed E-state index contributed by atoms with van der Waals surface area (Å²) in [5, 5.41) is 0. The second-order valence-corrected chi connectivity index (χ2v) is 2.35. The zero-order valence-corrected chi connectivity index (χ0v) is 6.12. The third kappa shape index (κ3) is 1.77. The van der Waals surface area contributed by atoms with Crippen molar-refractivity contribution in [1.29, 1.82) is 0 Å². The Morgan fingerprint density at radius 1 is 1.00 bits per heavy atom. The Morgan fingerprint density at radius 2 is 1.54 bits per heavy atom. The van der Waals surface area contributed by atoms with Crippen molar-refractivity contribution in [1.82, 2.24) is 0 Å². The van der Waals surface area contributed by atoms with E-state index in [1.54, 1.807) is 0 Å². The molecule has 0 saturated carbocycles. The molecule has 72 valence electrons. The molecule has 0 aliphatic rings. The Morgan fingerprint density at radius 3 is 2.00 bits per heavy atom. The second kappa shape index (κ2) is 2.95. The van der Waals surface area contributed by atoms with Crippen LogP contribution in [0.3, 0.4) is 0 Å². The molecule has 0 saturated heterocycles. The minimum Gasteiger partial charge on any atom is -0.268 e. The molecule has 0 radical (unpaired) electrons. The molecule has 0 bridgehead atoms. The van der Waals surface area contributed by atoms with Crippen LogP contribution in [0.1, 0.15) is 5.56 Å². The maximum atomic E-state index is 12.6. The van der Waals surface area contributed by atoms with Crippen molar-refractivity contribution >= 4 is 0 Å². The van der Waals surface area contributed by atoms with E-state index in [0.717, 1.165) is 0 Å². The van der Waals surface area contributed by atoms with Crippen LogP contribution < -0.4 is 5.73 Å². The lowest BCUT2D eigenvalue weighted by Gasteiger charge is -2.11. The van der Waals surface area contributed by atoms with E-state index in [0.29, 0.717) is 12.1 Å². The average Bonchev–Trinajstić information content (AvgIpc) is 1.98. The van der Waals surface area contributed by atoms with E-state index >= 15 is 0 Å². The third-order valence-corrected chi connectivity index (χ3v) is 1.39. The van der Waals surface area contributed by atoms with Gasteiger partial charge in [0.05, 0.1) is 5.56 Å². The first-order valence-electron chi connectivity index (χ1n) is 3.14. The summed E-state index contributed by atoms with van der Waals surface area (Å²) >= 11 is 0. The number of alkyl halides is 2. The molecular formula is C7H4F5N. The number of benzene rings is 1. The van der Waals surface area contributed by atoms with Crippen LogP contribution in [-0.4, -0.2) is 0 Å². The average molecular weight is 197 g/mol. The minimum atomic E-state index is -4.02. The molecular weight excluding hydrogens is 193 g/mol. The molecule has 0 aliphatic carbocycles. The van der Waals surface area contributed by atoms with Crippen LogP contribution in [0, 0.1) is 17.5 Å². The van der Waals surface area contributed by atoms with Crippen LogP contribution in [0.2, 0.25) is 0 Å². The highest BCUT2D eigenvalue weighted by Crippen LogP contribution is 2.26. The topological polar surface area (TPSA) is 26.0 Å². The van der Waals surface area contributed by atoms with Gasteiger partial charge in [-0.15, -0.1) is 0 Å². The largest absolute Gasteiger partial charge is 0.329 e. The molecule has 0 aliphatic heterocycles. The van der Waals surface area contributed by atoms with Crippen molar-refractivity contribution in [2.24, 2.45) is 5.73 Å². The fourth-order valence-corrected chi connectivity index (χ4v) is 0.783. The van der Waals surface area contributed by atoms with Gasteiger partial charge in [0.2, 0.25) is 0 Å². The number of rotatable bonds is 1. The predicted molar refractivity (Wildman–Crippen MR) is 34.4 cm³/mol. The summed E-state index contributed by atoms with van der Waals surface area (Å²) < 4.78 is 61.8. The molecule has 1 nitrogen and oxygen atoms in total.